The van der Waals surface area contributed by atoms with Crippen molar-refractivity contribution in [3.8, 4) is 11.3 Å². The Balaban J connectivity index is 1.64. The summed E-state index contributed by atoms with van der Waals surface area (Å²) in [7, 11) is 0. The molecule has 1 atom stereocenters. The zero-order valence-corrected chi connectivity index (χ0v) is 20.6. The van der Waals surface area contributed by atoms with E-state index in [0.29, 0.717) is 37.1 Å². The number of hydrogen-bond donors (Lipinski definition) is 0. The van der Waals surface area contributed by atoms with Crippen molar-refractivity contribution in [3.63, 3.8) is 0 Å². The number of rotatable bonds is 5. The van der Waals surface area contributed by atoms with Gasteiger partial charge in [-0.05, 0) is 43.7 Å². The summed E-state index contributed by atoms with van der Waals surface area (Å²) in [6.45, 7) is 3.75. The van der Waals surface area contributed by atoms with Crippen molar-refractivity contribution >= 4 is 35.0 Å². The molecule has 1 aliphatic rings. The second-order valence-corrected chi connectivity index (χ2v) is 9.31. The van der Waals surface area contributed by atoms with Gasteiger partial charge in [-0.2, -0.15) is 0 Å². The second kappa shape index (κ2) is 9.52. The van der Waals surface area contributed by atoms with Crippen LogP contribution in [0.25, 0.3) is 17.4 Å². The maximum Gasteiger partial charge on any atom is 0.338 e. The van der Waals surface area contributed by atoms with Crippen LogP contribution < -0.4 is 14.9 Å². The fraction of sp³-hybridized carbons (Fsp3) is 0.148. The van der Waals surface area contributed by atoms with Crippen molar-refractivity contribution < 1.29 is 13.9 Å². The van der Waals surface area contributed by atoms with Crippen molar-refractivity contribution in [1.82, 2.24) is 4.57 Å². The first kappa shape index (κ1) is 23.1. The van der Waals surface area contributed by atoms with Crippen LogP contribution in [-0.2, 0) is 9.53 Å². The third kappa shape index (κ3) is 4.29. The molecule has 0 N–H and O–H groups in total. The summed E-state index contributed by atoms with van der Waals surface area (Å²) in [5, 5.41) is 0.581. The number of benzene rings is 2. The van der Waals surface area contributed by atoms with Gasteiger partial charge in [0.1, 0.15) is 11.5 Å². The van der Waals surface area contributed by atoms with Gasteiger partial charge in [0.05, 0.1) is 33.5 Å². The number of thiazole rings is 1. The molecule has 2 aromatic heterocycles. The van der Waals surface area contributed by atoms with Crippen molar-refractivity contribution in [1.29, 1.82) is 0 Å². The van der Waals surface area contributed by atoms with Gasteiger partial charge >= 0.3 is 5.97 Å². The summed E-state index contributed by atoms with van der Waals surface area (Å²) in [5.74, 6) is 0.646. The van der Waals surface area contributed by atoms with Gasteiger partial charge in [0.15, 0.2) is 4.80 Å². The number of esters is 1. The van der Waals surface area contributed by atoms with Crippen LogP contribution in [0.1, 0.15) is 31.2 Å². The molecule has 0 aliphatic carbocycles. The molecule has 0 radical (unpaired) electrons. The zero-order chi connectivity index (χ0) is 24.5. The van der Waals surface area contributed by atoms with E-state index in [4.69, 9.17) is 20.8 Å². The maximum absolute atomic E-state index is 13.6. The molecule has 8 heteroatoms. The topological polar surface area (TPSA) is 73.8 Å². The molecule has 6 nitrogen and oxygen atoms in total. The smallest absolute Gasteiger partial charge is 0.338 e. The fourth-order valence-electron chi connectivity index (χ4n) is 4.11. The molecule has 3 heterocycles. The average Bonchev–Trinajstić information content (AvgIpc) is 3.43. The van der Waals surface area contributed by atoms with Gasteiger partial charge in [-0.15, -0.1) is 0 Å². The van der Waals surface area contributed by atoms with Gasteiger partial charge in [0, 0.05) is 11.6 Å². The van der Waals surface area contributed by atoms with Crippen LogP contribution >= 0.6 is 22.9 Å². The van der Waals surface area contributed by atoms with Gasteiger partial charge in [0.25, 0.3) is 5.56 Å². The Labute approximate surface area is 210 Å². The summed E-state index contributed by atoms with van der Waals surface area (Å²) >= 11 is 7.55. The molecule has 176 valence electrons. The van der Waals surface area contributed by atoms with Crippen molar-refractivity contribution in [2.75, 3.05) is 6.61 Å². The van der Waals surface area contributed by atoms with Crippen LogP contribution in [0.5, 0.6) is 0 Å². The number of allylic oxidation sites excluding steroid dienone is 1. The summed E-state index contributed by atoms with van der Waals surface area (Å²) < 4.78 is 13.3. The average molecular weight is 505 g/mol. The molecule has 1 unspecified atom stereocenters. The Morgan fingerprint density at radius 2 is 1.89 bits per heavy atom. The van der Waals surface area contributed by atoms with Gasteiger partial charge in [-0.3, -0.25) is 9.36 Å². The second-order valence-electron chi connectivity index (χ2n) is 7.89. The molecule has 0 saturated carbocycles. The van der Waals surface area contributed by atoms with Crippen molar-refractivity contribution in [3.05, 3.63) is 114 Å². The predicted octanol–water partition coefficient (Wildman–Crippen LogP) is 4.71. The number of furan rings is 1. The summed E-state index contributed by atoms with van der Waals surface area (Å²) in [6, 6.07) is 19.8. The largest absolute Gasteiger partial charge is 0.463 e. The van der Waals surface area contributed by atoms with Gasteiger partial charge in [-0.1, -0.05) is 65.4 Å². The molecule has 5 rings (SSSR count). The molecule has 35 heavy (non-hydrogen) atoms. The van der Waals surface area contributed by atoms with E-state index in [1.807, 2.05) is 54.6 Å². The Morgan fingerprint density at radius 3 is 2.63 bits per heavy atom. The minimum atomic E-state index is -0.635. The molecular weight excluding hydrogens is 484 g/mol. The lowest BCUT2D eigenvalue weighted by atomic mass is 9.96. The first-order valence-corrected chi connectivity index (χ1v) is 12.3. The third-order valence-electron chi connectivity index (χ3n) is 5.67. The highest BCUT2D eigenvalue weighted by molar-refractivity contribution is 7.07. The number of hydrogen-bond acceptors (Lipinski definition) is 6. The molecule has 0 spiro atoms. The number of fused-ring (bicyclic) bond motifs is 1. The Kier molecular flexibility index (Phi) is 6.28. The fourth-order valence-corrected chi connectivity index (χ4v) is 5.36. The number of carbonyl (C=O) groups excluding carboxylic acids is 1. The summed E-state index contributed by atoms with van der Waals surface area (Å²) in [6.07, 6.45) is 1.69. The quantitative estimate of drug-likeness (QED) is 0.369. The predicted molar refractivity (Wildman–Crippen MR) is 136 cm³/mol. The van der Waals surface area contributed by atoms with Crippen LogP contribution in [0.4, 0.5) is 0 Å². The number of nitrogens with zero attached hydrogens (tertiary/aromatic N) is 2. The SMILES string of the molecule is CCOC(=O)C1=C(C)N=c2s/c(=C/c3ccc(-c4ccccc4Cl)o3)c(=O)n2C1c1ccccc1. The van der Waals surface area contributed by atoms with Crippen LogP contribution in [0.2, 0.25) is 5.02 Å². The number of ether oxygens (including phenoxy) is 1. The van der Waals surface area contributed by atoms with Crippen LogP contribution in [-0.4, -0.2) is 17.1 Å². The monoisotopic (exact) mass is 504 g/mol. The lowest BCUT2D eigenvalue weighted by Crippen LogP contribution is -2.39. The van der Waals surface area contributed by atoms with E-state index in [1.54, 1.807) is 36.6 Å². The maximum atomic E-state index is 13.6. The molecule has 0 amide bonds. The number of carbonyl (C=O) groups is 1. The third-order valence-corrected chi connectivity index (χ3v) is 6.98. The van der Waals surface area contributed by atoms with E-state index in [9.17, 15) is 9.59 Å². The van der Waals surface area contributed by atoms with E-state index in [2.05, 4.69) is 4.99 Å². The Hall–Kier alpha value is -3.68. The van der Waals surface area contributed by atoms with E-state index in [0.717, 1.165) is 11.1 Å². The highest BCUT2D eigenvalue weighted by Crippen LogP contribution is 2.31. The van der Waals surface area contributed by atoms with E-state index >= 15 is 0 Å². The first-order chi connectivity index (χ1) is 17.0. The minimum absolute atomic E-state index is 0.230. The molecule has 0 fully saturated rings. The molecule has 0 bridgehead atoms. The van der Waals surface area contributed by atoms with Crippen LogP contribution in [0, 0.1) is 0 Å². The van der Waals surface area contributed by atoms with E-state index in [-0.39, 0.29) is 12.2 Å². The lowest BCUT2D eigenvalue weighted by molar-refractivity contribution is -0.139. The molecule has 4 aromatic rings. The van der Waals surface area contributed by atoms with Gasteiger partial charge in [-0.25, -0.2) is 9.79 Å². The molecule has 1 aliphatic heterocycles. The number of aromatic nitrogens is 1. The van der Waals surface area contributed by atoms with Crippen LogP contribution in [0.3, 0.4) is 0 Å². The number of halogens is 1. The molecular formula is C27H21ClN2O4S. The highest BCUT2D eigenvalue weighted by Gasteiger charge is 2.33. The van der Waals surface area contributed by atoms with Gasteiger partial charge < -0.3 is 9.15 Å². The van der Waals surface area contributed by atoms with E-state index < -0.39 is 12.0 Å². The lowest BCUT2D eigenvalue weighted by Gasteiger charge is -2.24. The summed E-state index contributed by atoms with van der Waals surface area (Å²) in [4.78, 5) is 31.6. The Morgan fingerprint density at radius 1 is 1.14 bits per heavy atom. The normalized spacial score (nSPS) is 15.6. The Bertz CT molecular complexity index is 1630. The van der Waals surface area contributed by atoms with E-state index in [1.165, 1.54) is 11.3 Å². The highest BCUT2D eigenvalue weighted by atomic mass is 35.5. The van der Waals surface area contributed by atoms with Gasteiger partial charge in [0.2, 0.25) is 0 Å². The van der Waals surface area contributed by atoms with Crippen molar-refractivity contribution in [2.45, 2.75) is 19.9 Å². The van der Waals surface area contributed by atoms with Crippen LogP contribution in [0.15, 0.2) is 92.2 Å². The van der Waals surface area contributed by atoms with Crippen molar-refractivity contribution in [2.24, 2.45) is 4.99 Å². The molecule has 2 aromatic carbocycles. The standard InChI is InChI=1S/C27H21ClN2O4S/c1-3-33-26(32)23-16(2)29-27-30(24(23)17-9-5-4-6-10-17)25(31)22(35-27)15-18-13-14-21(34-18)19-11-7-8-12-20(19)28/h4-15,24H,3H2,1-2H3/b22-15+. The first-order valence-electron chi connectivity index (χ1n) is 11.1. The summed E-state index contributed by atoms with van der Waals surface area (Å²) in [5.41, 5.74) is 2.21. The minimum Gasteiger partial charge on any atom is -0.463 e. The molecule has 0 saturated heterocycles. The zero-order valence-electron chi connectivity index (χ0n) is 19.0.